The highest BCUT2D eigenvalue weighted by atomic mass is 16.4. The second kappa shape index (κ2) is 3.66. The number of nitrogens with zero attached hydrogens (tertiary/aromatic N) is 1. The molecule has 5 nitrogen and oxygen atoms in total. The Hall–Kier alpha value is -1.36. The highest BCUT2D eigenvalue weighted by molar-refractivity contribution is 5.68. The fourth-order valence-electron chi connectivity index (χ4n) is 1.77. The first kappa shape index (κ1) is 10.2. The molecule has 0 spiro atoms. The molecule has 1 fully saturated rings. The van der Waals surface area contributed by atoms with Crippen LogP contribution in [-0.4, -0.2) is 27.3 Å². The molecule has 1 aromatic heterocycles. The summed E-state index contributed by atoms with van der Waals surface area (Å²) in [5.74, 6) is -0.799. The van der Waals surface area contributed by atoms with Crippen LogP contribution in [0.3, 0.4) is 0 Å². The van der Waals surface area contributed by atoms with Gasteiger partial charge < -0.3 is 10.4 Å². The molecule has 1 aliphatic carbocycles. The summed E-state index contributed by atoms with van der Waals surface area (Å²) in [5, 5.41) is 18.9. The van der Waals surface area contributed by atoms with E-state index >= 15 is 0 Å². The summed E-state index contributed by atoms with van der Waals surface area (Å²) in [5.41, 5.74) is 0.386. The second-order valence-electron chi connectivity index (χ2n) is 4.31. The molecular weight excluding hydrogens is 194 g/mol. The third kappa shape index (κ3) is 2.36. The van der Waals surface area contributed by atoms with Crippen LogP contribution in [0.2, 0.25) is 0 Å². The van der Waals surface area contributed by atoms with Crippen LogP contribution in [-0.2, 0) is 10.3 Å². The fourth-order valence-corrected chi connectivity index (χ4v) is 1.77. The maximum Gasteiger partial charge on any atom is 0.305 e. The number of aromatic nitrogens is 2. The van der Waals surface area contributed by atoms with Crippen molar-refractivity contribution in [1.29, 1.82) is 0 Å². The van der Waals surface area contributed by atoms with Crippen molar-refractivity contribution in [2.75, 3.05) is 0 Å². The zero-order valence-electron chi connectivity index (χ0n) is 8.66. The second-order valence-corrected chi connectivity index (χ2v) is 4.31. The largest absolute Gasteiger partial charge is 0.481 e. The Labute approximate surface area is 87.9 Å². The van der Waals surface area contributed by atoms with Crippen LogP contribution in [0.15, 0.2) is 12.4 Å². The highest BCUT2D eigenvalue weighted by Gasteiger charge is 2.36. The number of carbonyl (C=O) groups is 1. The summed E-state index contributed by atoms with van der Waals surface area (Å²) in [6, 6.07) is 0.462. The quantitative estimate of drug-likeness (QED) is 0.672. The van der Waals surface area contributed by atoms with Gasteiger partial charge in [-0.3, -0.25) is 9.89 Å². The molecule has 0 aliphatic heterocycles. The van der Waals surface area contributed by atoms with E-state index < -0.39 is 11.5 Å². The van der Waals surface area contributed by atoms with Crippen molar-refractivity contribution in [3.63, 3.8) is 0 Å². The van der Waals surface area contributed by atoms with Gasteiger partial charge in [-0.2, -0.15) is 5.10 Å². The zero-order chi connectivity index (χ0) is 10.9. The van der Waals surface area contributed by atoms with E-state index in [0.717, 1.165) is 18.4 Å². The number of carboxylic acid groups (broad SMARTS) is 1. The summed E-state index contributed by atoms with van der Waals surface area (Å²) in [6.45, 7) is 1.91. The summed E-state index contributed by atoms with van der Waals surface area (Å²) in [4.78, 5) is 10.8. The Balaban J connectivity index is 2.16. The first-order valence-corrected chi connectivity index (χ1v) is 5.09. The van der Waals surface area contributed by atoms with Gasteiger partial charge in [-0.15, -0.1) is 0 Å². The fraction of sp³-hybridized carbons (Fsp3) is 0.600. The zero-order valence-corrected chi connectivity index (χ0v) is 8.66. The van der Waals surface area contributed by atoms with Crippen LogP contribution in [0.5, 0.6) is 0 Å². The van der Waals surface area contributed by atoms with Gasteiger partial charge in [0.1, 0.15) is 0 Å². The van der Waals surface area contributed by atoms with Crippen molar-refractivity contribution in [1.82, 2.24) is 15.5 Å². The minimum absolute atomic E-state index is 0.0725. The molecule has 1 aromatic rings. The van der Waals surface area contributed by atoms with Gasteiger partial charge in [0.05, 0.1) is 18.2 Å². The molecule has 0 radical (unpaired) electrons. The van der Waals surface area contributed by atoms with E-state index in [1.165, 1.54) is 0 Å². The maximum absolute atomic E-state index is 10.8. The Morgan fingerprint density at radius 3 is 3.00 bits per heavy atom. The molecule has 1 unspecified atom stereocenters. The average Bonchev–Trinajstić information content (AvgIpc) is 2.78. The van der Waals surface area contributed by atoms with Crippen molar-refractivity contribution in [2.24, 2.45) is 0 Å². The van der Waals surface area contributed by atoms with E-state index in [4.69, 9.17) is 5.11 Å². The molecule has 0 bridgehead atoms. The smallest absolute Gasteiger partial charge is 0.305 e. The molecule has 1 aliphatic rings. The van der Waals surface area contributed by atoms with Crippen LogP contribution < -0.4 is 5.32 Å². The van der Waals surface area contributed by atoms with Crippen LogP contribution in [0.1, 0.15) is 31.7 Å². The summed E-state index contributed by atoms with van der Waals surface area (Å²) in [6.07, 6.45) is 5.76. The third-order valence-electron chi connectivity index (χ3n) is 2.74. The topological polar surface area (TPSA) is 78.0 Å². The minimum atomic E-state index is -0.799. The lowest BCUT2D eigenvalue weighted by Gasteiger charge is -2.28. The van der Waals surface area contributed by atoms with Gasteiger partial charge in [-0.25, -0.2) is 0 Å². The molecule has 0 saturated heterocycles. The lowest BCUT2D eigenvalue weighted by molar-refractivity contribution is -0.138. The molecule has 1 saturated carbocycles. The SMILES string of the molecule is CC(CC(=O)O)(NC1CC1)c1cn[nH]c1. The number of carboxylic acids is 1. The summed E-state index contributed by atoms with van der Waals surface area (Å²) < 4.78 is 0. The molecule has 82 valence electrons. The minimum Gasteiger partial charge on any atom is -0.481 e. The van der Waals surface area contributed by atoms with Crippen LogP contribution >= 0.6 is 0 Å². The number of hydrogen-bond donors (Lipinski definition) is 3. The number of rotatable bonds is 5. The maximum atomic E-state index is 10.8. The van der Waals surface area contributed by atoms with Gasteiger partial charge in [0.15, 0.2) is 0 Å². The van der Waals surface area contributed by atoms with Crippen molar-refractivity contribution in [2.45, 2.75) is 37.8 Å². The highest BCUT2D eigenvalue weighted by Crippen LogP contribution is 2.30. The van der Waals surface area contributed by atoms with E-state index in [9.17, 15) is 4.79 Å². The first-order valence-electron chi connectivity index (χ1n) is 5.09. The number of aromatic amines is 1. The van der Waals surface area contributed by atoms with E-state index in [1.807, 2.05) is 6.92 Å². The molecule has 0 amide bonds. The van der Waals surface area contributed by atoms with Crippen LogP contribution in [0, 0.1) is 0 Å². The van der Waals surface area contributed by atoms with E-state index in [-0.39, 0.29) is 6.42 Å². The van der Waals surface area contributed by atoms with Crippen molar-refractivity contribution in [3.05, 3.63) is 18.0 Å². The number of aliphatic carboxylic acids is 1. The molecule has 3 N–H and O–H groups in total. The molecule has 0 aromatic carbocycles. The predicted molar refractivity (Wildman–Crippen MR) is 54.4 cm³/mol. The van der Waals surface area contributed by atoms with Crippen molar-refractivity contribution < 1.29 is 9.90 Å². The first-order chi connectivity index (χ1) is 7.10. The molecule has 1 atom stereocenters. The Bertz CT molecular complexity index is 346. The third-order valence-corrected chi connectivity index (χ3v) is 2.74. The lowest BCUT2D eigenvalue weighted by atomic mass is 9.91. The van der Waals surface area contributed by atoms with Crippen molar-refractivity contribution in [3.8, 4) is 0 Å². The number of nitrogens with one attached hydrogen (secondary N) is 2. The predicted octanol–water partition coefficient (Wildman–Crippen LogP) is 0.852. The van der Waals surface area contributed by atoms with E-state index in [0.29, 0.717) is 6.04 Å². The standard InChI is InChI=1S/C10H15N3O2/c1-10(4-9(14)15,13-8-2-3-8)7-5-11-12-6-7/h5-6,8,13H,2-4H2,1H3,(H,11,12)(H,14,15). The van der Waals surface area contributed by atoms with E-state index in [2.05, 4.69) is 15.5 Å². The lowest BCUT2D eigenvalue weighted by Crippen LogP contribution is -2.42. The van der Waals surface area contributed by atoms with Gasteiger partial charge in [-0.1, -0.05) is 0 Å². The molecule has 5 heteroatoms. The van der Waals surface area contributed by atoms with Crippen LogP contribution in [0.4, 0.5) is 0 Å². The normalized spacial score (nSPS) is 19.8. The van der Waals surface area contributed by atoms with Gasteiger partial charge in [0.2, 0.25) is 0 Å². The molecule has 1 heterocycles. The van der Waals surface area contributed by atoms with Gasteiger partial charge in [0, 0.05) is 17.8 Å². The summed E-state index contributed by atoms with van der Waals surface area (Å²) >= 11 is 0. The van der Waals surface area contributed by atoms with Gasteiger partial charge >= 0.3 is 5.97 Å². The van der Waals surface area contributed by atoms with Crippen molar-refractivity contribution >= 4 is 5.97 Å². The Kier molecular flexibility index (Phi) is 2.48. The van der Waals surface area contributed by atoms with E-state index in [1.54, 1.807) is 12.4 Å². The Morgan fingerprint density at radius 2 is 2.53 bits per heavy atom. The van der Waals surface area contributed by atoms with Gasteiger partial charge in [0.25, 0.3) is 0 Å². The molecule has 2 rings (SSSR count). The average molecular weight is 209 g/mol. The molecular formula is C10H15N3O2. The van der Waals surface area contributed by atoms with Crippen LogP contribution in [0.25, 0.3) is 0 Å². The molecule has 15 heavy (non-hydrogen) atoms. The monoisotopic (exact) mass is 209 g/mol. The number of hydrogen-bond acceptors (Lipinski definition) is 3. The number of H-pyrrole nitrogens is 1. The summed E-state index contributed by atoms with van der Waals surface area (Å²) in [7, 11) is 0. The van der Waals surface area contributed by atoms with Gasteiger partial charge in [-0.05, 0) is 19.8 Å². The Morgan fingerprint density at radius 1 is 1.80 bits per heavy atom.